The first-order chi connectivity index (χ1) is 7.81. The summed E-state index contributed by atoms with van der Waals surface area (Å²) in [4.78, 5) is 10.2. The topological polar surface area (TPSA) is 35.5 Å². The molecule has 0 bridgehead atoms. The molecule has 0 radical (unpaired) electrons. The third-order valence-corrected chi connectivity index (χ3v) is 2.02. The van der Waals surface area contributed by atoms with E-state index in [4.69, 9.17) is 9.47 Å². The molecule has 0 saturated carbocycles. The van der Waals surface area contributed by atoms with Crippen molar-refractivity contribution in [3.05, 3.63) is 29.8 Å². The quantitative estimate of drug-likeness (QED) is 0.546. The highest BCUT2D eigenvalue weighted by Gasteiger charge is 2.03. The van der Waals surface area contributed by atoms with Crippen LogP contribution in [-0.4, -0.2) is 20.0 Å². The van der Waals surface area contributed by atoms with Gasteiger partial charge in [-0.1, -0.05) is 19.1 Å². The second-order valence-corrected chi connectivity index (χ2v) is 3.25. The van der Waals surface area contributed by atoms with Gasteiger partial charge < -0.3 is 9.47 Å². The van der Waals surface area contributed by atoms with Crippen LogP contribution in [0.15, 0.2) is 24.3 Å². The molecule has 0 amide bonds. The van der Waals surface area contributed by atoms with E-state index in [2.05, 4.69) is 0 Å². The molecule has 0 aliphatic carbocycles. The van der Waals surface area contributed by atoms with Crippen molar-refractivity contribution >= 4 is 12.4 Å². The highest BCUT2D eigenvalue weighted by molar-refractivity contribution is 5.74. The zero-order valence-electron chi connectivity index (χ0n) is 9.60. The van der Waals surface area contributed by atoms with Gasteiger partial charge in [0.25, 0.3) is 0 Å². The van der Waals surface area contributed by atoms with Gasteiger partial charge in [-0.2, -0.15) is 0 Å². The molecule has 1 aromatic carbocycles. The van der Waals surface area contributed by atoms with Crippen molar-refractivity contribution in [1.29, 1.82) is 0 Å². The molecule has 0 fully saturated rings. The lowest BCUT2D eigenvalue weighted by Gasteiger charge is -2.10. The minimum atomic E-state index is 0.667. The lowest BCUT2D eigenvalue weighted by Crippen LogP contribution is -1.97. The number of ether oxygens (including phenoxy) is 2. The zero-order chi connectivity index (χ0) is 11.8. The number of benzene rings is 1. The molecule has 0 N–H and O–H groups in total. The van der Waals surface area contributed by atoms with Crippen LogP contribution in [0, 0.1) is 0 Å². The van der Waals surface area contributed by atoms with Crippen molar-refractivity contribution in [3.63, 3.8) is 0 Å². The van der Waals surface area contributed by atoms with E-state index in [0.29, 0.717) is 12.4 Å². The summed E-state index contributed by atoms with van der Waals surface area (Å²) < 4.78 is 10.7. The highest BCUT2D eigenvalue weighted by atomic mass is 16.5. The van der Waals surface area contributed by atoms with Crippen LogP contribution < -0.4 is 9.47 Å². The fraction of sp³-hybridized carbons (Fsp3) is 0.308. The van der Waals surface area contributed by atoms with E-state index in [1.54, 1.807) is 13.2 Å². The number of hydrogen-bond acceptors (Lipinski definition) is 3. The highest BCUT2D eigenvalue weighted by Crippen LogP contribution is 2.28. The predicted octanol–water partition coefficient (Wildman–Crippen LogP) is 2.70. The Hall–Kier alpha value is -1.77. The van der Waals surface area contributed by atoms with E-state index in [1.807, 2.05) is 25.1 Å². The third-order valence-electron chi connectivity index (χ3n) is 2.02. The zero-order valence-corrected chi connectivity index (χ0v) is 9.60. The third kappa shape index (κ3) is 3.42. The van der Waals surface area contributed by atoms with Crippen LogP contribution in [0.1, 0.15) is 18.9 Å². The van der Waals surface area contributed by atoms with Gasteiger partial charge in [0.2, 0.25) is 0 Å². The maximum atomic E-state index is 10.2. The summed E-state index contributed by atoms with van der Waals surface area (Å²) in [6.45, 7) is 2.72. The molecule has 0 spiro atoms. The van der Waals surface area contributed by atoms with Crippen molar-refractivity contribution in [1.82, 2.24) is 0 Å². The smallest absolute Gasteiger partial charge is 0.161 e. The largest absolute Gasteiger partial charge is 0.493 e. The van der Waals surface area contributed by atoms with Gasteiger partial charge in [0.15, 0.2) is 11.5 Å². The molecule has 1 rings (SSSR count). The van der Waals surface area contributed by atoms with E-state index in [-0.39, 0.29) is 0 Å². The SMILES string of the molecule is CCCOc1ccc(C=CC=O)cc1OC. The molecule has 3 heteroatoms. The standard InChI is InChI=1S/C13H16O3/c1-3-9-16-12-7-6-11(5-4-8-14)10-13(12)15-2/h4-8,10H,3,9H2,1-2H3. The van der Waals surface area contributed by atoms with Crippen LogP contribution in [0.3, 0.4) is 0 Å². The first-order valence-corrected chi connectivity index (χ1v) is 5.24. The van der Waals surface area contributed by atoms with Crippen molar-refractivity contribution in [3.8, 4) is 11.5 Å². The van der Waals surface area contributed by atoms with Crippen molar-refractivity contribution in [2.24, 2.45) is 0 Å². The predicted molar refractivity (Wildman–Crippen MR) is 63.9 cm³/mol. The summed E-state index contributed by atoms with van der Waals surface area (Å²) in [6, 6.07) is 5.57. The maximum absolute atomic E-state index is 10.2. The van der Waals surface area contributed by atoms with Crippen molar-refractivity contribution < 1.29 is 14.3 Å². The Bertz CT molecular complexity index is 369. The molecule has 3 nitrogen and oxygen atoms in total. The monoisotopic (exact) mass is 220 g/mol. The summed E-state index contributed by atoms with van der Waals surface area (Å²) in [5, 5.41) is 0. The molecule has 0 aliphatic rings. The van der Waals surface area contributed by atoms with E-state index in [0.717, 1.165) is 24.0 Å². The minimum absolute atomic E-state index is 0.667. The molecule has 0 saturated heterocycles. The molecule has 0 unspecified atom stereocenters. The van der Waals surface area contributed by atoms with Crippen LogP contribution in [0.5, 0.6) is 11.5 Å². The van der Waals surface area contributed by atoms with Crippen molar-refractivity contribution in [2.45, 2.75) is 13.3 Å². The van der Waals surface area contributed by atoms with Crippen LogP contribution in [0.4, 0.5) is 0 Å². The molecule has 16 heavy (non-hydrogen) atoms. The number of carbonyl (C=O) groups is 1. The van der Waals surface area contributed by atoms with Gasteiger partial charge in [0, 0.05) is 0 Å². The maximum Gasteiger partial charge on any atom is 0.161 e. The fourth-order valence-corrected chi connectivity index (χ4v) is 1.27. The number of carbonyl (C=O) groups excluding carboxylic acids is 1. The first kappa shape index (κ1) is 12.3. The van der Waals surface area contributed by atoms with Gasteiger partial charge in [-0.25, -0.2) is 0 Å². The Kier molecular flexibility index (Phi) is 5.12. The van der Waals surface area contributed by atoms with Crippen molar-refractivity contribution in [2.75, 3.05) is 13.7 Å². The molecular weight excluding hydrogens is 204 g/mol. The van der Waals surface area contributed by atoms with Gasteiger partial charge in [-0.3, -0.25) is 4.79 Å². The summed E-state index contributed by atoms with van der Waals surface area (Å²) in [6.07, 6.45) is 4.87. The second kappa shape index (κ2) is 6.67. The molecule has 86 valence electrons. The number of methoxy groups -OCH3 is 1. The lowest BCUT2D eigenvalue weighted by atomic mass is 10.2. The number of aldehydes is 1. The lowest BCUT2D eigenvalue weighted by molar-refractivity contribution is -0.104. The number of rotatable bonds is 6. The summed E-state index contributed by atoms with van der Waals surface area (Å²) in [5.74, 6) is 1.41. The summed E-state index contributed by atoms with van der Waals surface area (Å²) in [5.41, 5.74) is 0.910. The van der Waals surface area contributed by atoms with Gasteiger partial charge in [-0.05, 0) is 30.2 Å². The molecule has 0 aromatic heterocycles. The molecule has 0 atom stereocenters. The molecule has 0 aliphatic heterocycles. The Labute approximate surface area is 95.7 Å². The number of hydrogen-bond donors (Lipinski definition) is 0. The molecule has 0 heterocycles. The van der Waals surface area contributed by atoms with Gasteiger partial charge >= 0.3 is 0 Å². The van der Waals surface area contributed by atoms with E-state index in [9.17, 15) is 4.79 Å². The van der Waals surface area contributed by atoms with Gasteiger partial charge in [0.1, 0.15) is 6.29 Å². The Morgan fingerprint density at radius 3 is 2.75 bits per heavy atom. The molecule has 1 aromatic rings. The average Bonchev–Trinajstić information content (AvgIpc) is 2.34. The normalized spacial score (nSPS) is 10.4. The Morgan fingerprint density at radius 1 is 1.31 bits per heavy atom. The van der Waals surface area contributed by atoms with Gasteiger partial charge in [-0.15, -0.1) is 0 Å². The summed E-state index contributed by atoms with van der Waals surface area (Å²) >= 11 is 0. The van der Waals surface area contributed by atoms with Crippen LogP contribution in [0.25, 0.3) is 6.08 Å². The molecular formula is C13H16O3. The number of allylic oxidation sites excluding steroid dienone is 1. The summed E-state index contributed by atoms with van der Waals surface area (Å²) in [7, 11) is 1.60. The van der Waals surface area contributed by atoms with E-state index in [1.165, 1.54) is 6.08 Å². The van der Waals surface area contributed by atoms with E-state index >= 15 is 0 Å². The van der Waals surface area contributed by atoms with Crippen LogP contribution in [0.2, 0.25) is 0 Å². The fourth-order valence-electron chi connectivity index (χ4n) is 1.27. The van der Waals surface area contributed by atoms with Crippen LogP contribution >= 0.6 is 0 Å². The Balaban J connectivity index is 2.87. The van der Waals surface area contributed by atoms with Crippen LogP contribution in [-0.2, 0) is 4.79 Å². The average molecular weight is 220 g/mol. The van der Waals surface area contributed by atoms with E-state index < -0.39 is 0 Å². The Morgan fingerprint density at radius 2 is 2.12 bits per heavy atom. The second-order valence-electron chi connectivity index (χ2n) is 3.25. The van der Waals surface area contributed by atoms with Gasteiger partial charge in [0.05, 0.1) is 13.7 Å². The minimum Gasteiger partial charge on any atom is -0.493 e. The first-order valence-electron chi connectivity index (χ1n) is 5.24.